The number of nitrogens with zero attached hydrogens (tertiary/aromatic N) is 7. The van der Waals surface area contributed by atoms with Gasteiger partial charge in [-0.25, -0.2) is 14.4 Å². The fraction of sp³-hybridized carbons (Fsp3) is 0.483. The fourth-order valence-electron chi connectivity index (χ4n) is 6.03. The lowest BCUT2D eigenvalue weighted by molar-refractivity contribution is -0.0136. The Morgan fingerprint density at radius 1 is 1.27 bits per heavy atom. The van der Waals surface area contributed by atoms with Crippen LogP contribution in [0.25, 0.3) is 27.7 Å². The predicted octanol–water partition coefficient (Wildman–Crippen LogP) is 3.90. The van der Waals surface area contributed by atoms with Gasteiger partial charge >= 0.3 is 0 Å². The van der Waals surface area contributed by atoms with Crippen molar-refractivity contribution in [3.8, 4) is 17.3 Å². The highest BCUT2D eigenvalue weighted by molar-refractivity contribution is 5.99. The molecule has 3 atom stereocenters. The molecule has 2 saturated heterocycles. The van der Waals surface area contributed by atoms with Gasteiger partial charge in [-0.1, -0.05) is 19.9 Å². The summed E-state index contributed by atoms with van der Waals surface area (Å²) < 4.78 is 22.5. The average molecular weight is 545 g/mol. The van der Waals surface area contributed by atoms with Crippen molar-refractivity contribution in [2.45, 2.75) is 57.7 Å². The second-order valence-electron chi connectivity index (χ2n) is 11.1. The highest BCUT2D eigenvalue weighted by atomic mass is 19.1. The molecule has 0 bridgehead atoms. The number of halogens is 1. The Kier molecular flexibility index (Phi) is 7.31. The van der Waals surface area contributed by atoms with Gasteiger partial charge in [0.2, 0.25) is 5.95 Å². The Morgan fingerprint density at radius 2 is 2.15 bits per heavy atom. The second kappa shape index (κ2) is 11.0. The first-order chi connectivity index (χ1) is 19.4. The Morgan fingerprint density at radius 3 is 2.95 bits per heavy atom. The number of anilines is 1. The number of aromatic nitrogens is 5. The van der Waals surface area contributed by atoms with Gasteiger partial charge in [-0.2, -0.15) is 5.26 Å². The van der Waals surface area contributed by atoms with E-state index < -0.39 is 11.9 Å². The van der Waals surface area contributed by atoms with Crippen LogP contribution in [0.5, 0.6) is 0 Å². The highest BCUT2D eigenvalue weighted by Crippen LogP contribution is 2.36. The SMILES string of the molecule is CC(C)c1c(CN2CCC[C@@H](C#N)C2)n2cnnc2c2ccc(-c3nc(N[C@@H]4CCOC[C@H]4O)ncc3F)cc12. The minimum Gasteiger partial charge on any atom is -0.389 e. The zero-order chi connectivity index (χ0) is 27.8. The molecule has 3 aromatic heterocycles. The summed E-state index contributed by atoms with van der Waals surface area (Å²) in [7, 11) is 0. The third kappa shape index (κ3) is 4.98. The van der Waals surface area contributed by atoms with Gasteiger partial charge in [0.05, 0.1) is 36.9 Å². The summed E-state index contributed by atoms with van der Waals surface area (Å²) in [6, 6.07) is 7.95. The number of piperidine rings is 1. The van der Waals surface area contributed by atoms with Crippen molar-refractivity contribution in [1.29, 1.82) is 5.26 Å². The molecule has 208 valence electrons. The molecule has 6 rings (SSSR count). The molecule has 2 aliphatic heterocycles. The molecule has 0 spiro atoms. The second-order valence-corrected chi connectivity index (χ2v) is 11.1. The number of benzene rings is 1. The van der Waals surface area contributed by atoms with Crippen LogP contribution < -0.4 is 5.32 Å². The molecule has 2 N–H and O–H groups in total. The molecule has 1 aromatic carbocycles. The summed E-state index contributed by atoms with van der Waals surface area (Å²) in [5.41, 5.74) is 3.78. The maximum Gasteiger partial charge on any atom is 0.223 e. The van der Waals surface area contributed by atoms with Crippen molar-refractivity contribution in [3.63, 3.8) is 0 Å². The number of hydrogen-bond acceptors (Lipinski definition) is 9. The number of fused-ring (bicyclic) bond motifs is 3. The standard InChI is InChI=1S/C29H33FN8O2/c1-17(2)26-21-10-19(27-22(30)12-32-29(35-27)34-23-7-9-40-15-25(23)39)5-6-20(21)28-36-33-16-38(28)24(26)14-37-8-3-4-18(11-31)13-37/h5-6,10,12,16-18,23,25,39H,3-4,7-9,13-15H2,1-2H3,(H,32,34,35)/t18-,23+,25+/m0/s1. The molecule has 0 saturated carbocycles. The van der Waals surface area contributed by atoms with Gasteiger partial charge in [0.15, 0.2) is 11.5 Å². The lowest BCUT2D eigenvalue weighted by Gasteiger charge is -2.31. The molecule has 0 amide bonds. The van der Waals surface area contributed by atoms with Crippen LogP contribution in [0.2, 0.25) is 0 Å². The normalized spacial score (nSPS) is 22.1. The third-order valence-electron chi connectivity index (χ3n) is 8.00. The van der Waals surface area contributed by atoms with Crippen LogP contribution in [-0.4, -0.2) is 73.0 Å². The lowest BCUT2D eigenvalue weighted by atomic mass is 9.92. The minimum absolute atomic E-state index is 0.0329. The van der Waals surface area contributed by atoms with Gasteiger partial charge in [-0.05, 0) is 54.8 Å². The van der Waals surface area contributed by atoms with Crippen molar-refractivity contribution in [1.82, 2.24) is 29.5 Å². The van der Waals surface area contributed by atoms with Gasteiger partial charge in [-0.3, -0.25) is 9.30 Å². The van der Waals surface area contributed by atoms with Crippen molar-refractivity contribution >= 4 is 22.4 Å². The summed E-state index contributed by atoms with van der Waals surface area (Å²) >= 11 is 0. The summed E-state index contributed by atoms with van der Waals surface area (Å²) in [6.07, 6.45) is 4.76. The fourth-order valence-corrected chi connectivity index (χ4v) is 6.03. The van der Waals surface area contributed by atoms with Crippen LogP contribution in [0.3, 0.4) is 0 Å². The lowest BCUT2D eigenvalue weighted by Crippen LogP contribution is -2.42. The Balaban J connectivity index is 1.44. The van der Waals surface area contributed by atoms with Crippen LogP contribution in [0, 0.1) is 23.1 Å². The average Bonchev–Trinajstić information content (AvgIpc) is 3.45. The number of rotatable bonds is 6. The number of aliphatic hydroxyl groups excluding tert-OH is 1. The van der Waals surface area contributed by atoms with Gasteiger partial charge in [0.1, 0.15) is 12.0 Å². The van der Waals surface area contributed by atoms with Crippen LogP contribution in [-0.2, 0) is 11.3 Å². The van der Waals surface area contributed by atoms with Gasteiger partial charge in [0.25, 0.3) is 0 Å². The molecule has 2 aliphatic rings. The summed E-state index contributed by atoms with van der Waals surface area (Å²) in [5, 5.41) is 33.5. The van der Waals surface area contributed by atoms with E-state index >= 15 is 4.39 Å². The number of nitrogens with one attached hydrogen (secondary N) is 1. The monoisotopic (exact) mass is 544 g/mol. The van der Waals surface area contributed by atoms with Crippen molar-refractivity contribution < 1.29 is 14.2 Å². The van der Waals surface area contributed by atoms with E-state index in [2.05, 4.69) is 54.7 Å². The van der Waals surface area contributed by atoms with Crippen molar-refractivity contribution in [3.05, 3.63) is 47.8 Å². The summed E-state index contributed by atoms with van der Waals surface area (Å²) in [6.45, 7) is 7.41. The molecule has 10 nitrogen and oxygen atoms in total. The van der Waals surface area contributed by atoms with E-state index in [4.69, 9.17) is 4.74 Å². The Bertz CT molecular complexity index is 1580. The largest absolute Gasteiger partial charge is 0.389 e. The van der Waals surface area contributed by atoms with E-state index in [-0.39, 0.29) is 36.1 Å². The van der Waals surface area contributed by atoms with E-state index in [9.17, 15) is 10.4 Å². The maximum absolute atomic E-state index is 15.2. The number of ether oxygens (including phenoxy) is 1. The van der Waals surface area contributed by atoms with E-state index in [1.165, 1.54) is 6.20 Å². The van der Waals surface area contributed by atoms with Crippen molar-refractivity contribution in [2.24, 2.45) is 5.92 Å². The van der Waals surface area contributed by atoms with Crippen LogP contribution in [0.4, 0.5) is 10.3 Å². The van der Waals surface area contributed by atoms with Crippen LogP contribution >= 0.6 is 0 Å². The quantitative estimate of drug-likeness (QED) is 0.372. The molecule has 11 heteroatoms. The molecule has 40 heavy (non-hydrogen) atoms. The van der Waals surface area contributed by atoms with Crippen LogP contribution in [0.15, 0.2) is 30.7 Å². The Hall–Kier alpha value is -3.72. The molecular weight excluding hydrogens is 511 g/mol. The molecule has 0 radical (unpaired) electrons. The maximum atomic E-state index is 15.2. The topological polar surface area (TPSA) is 124 Å². The first-order valence-corrected chi connectivity index (χ1v) is 13.9. The smallest absolute Gasteiger partial charge is 0.223 e. The summed E-state index contributed by atoms with van der Waals surface area (Å²) in [5.74, 6) is -0.0653. The zero-order valence-corrected chi connectivity index (χ0v) is 22.7. The molecule has 0 unspecified atom stereocenters. The van der Waals surface area contributed by atoms with Gasteiger partial charge < -0.3 is 15.2 Å². The molecule has 0 aliphatic carbocycles. The van der Waals surface area contributed by atoms with E-state index in [1.54, 1.807) is 6.33 Å². The molecule has 2 fully saturated rings. The Labute approximate surface area is 231 Å². The van der Waals surface area contributed by atoms with Gasteiger partial charge in [0, 0.05) is 36.3 Å². The third-order valence-corrected chi connectivity index (χ3v) is 8.00. The minimum atomic E-state index is -0.688. The van der Waals surface area contributed by atoms with E-state index in [0.717, 1.165) is 53.6 Å². The molecule has 5 heterocycles. The predicted molar refractivity (Wildman–Crippen MR) is 148 cm³/mol. The van der Waals surface area contributed by atoms with Crippen LogP contribution in [0.1, 0.15) is 50.3 Å². The zero-order valence-electron chi connectivity index (χ0n) is 22.7. The first-order valence-electron chi connectivity index (χ1n) is 13.9. The first kappa shape index (κ1) is 26.5. The number of nitriles is 1. The van der Waals surface area contributed by atoms with E-state index in [0.29, 0.717) is 25.1 Å². The number of likely N-dealkylation sites (tertiary alicyclic amines) is 1. The summed E-state index contributed by atoms with van der Waals surface area (Å²) in [4.78, 5) is 11.0. The van der Waals surface area contributed by atoms with Crippen molar-refractivity contribution in [2.75, 3.05) is 31.6 Å². The van der Waals surface area contributed by atoms with E-state index in [1.807, 2.05) is 18.2 Å². The number of pyridine rings is 1. The molecule has 4 aromatic rings. The number of aliphatic hydroxyl groups is 1. The highest BCUT2D eigenvalue weighted by Gasteiger charge is 2.26. The van der Waals surface area contributed by atoms with Gasteiger partial charge in [-0.15, -0.1) is 10.2 Å². The number of hydrogen-bond donors (Lipinski definition) is 2. The molecular formula is C29H33FN8O2.